The van der Waals surface area contributed by atoms with Gasteiger partial charge in [0.1, 0.15) is 5.75 Å². The average molecular weight is 471 g/mol. The van der Waals surface area contributed by atoms with Crippen LogP contribution in [0.4, 0.5) is 5.69 Å². The number of halogens is 2. The highest BCUT2D eigenvalue weighted by molar-refractivity contribution is 6.35. The molecule has 32 heavy (non-hydrogen) atoms. The molecule has 0 fully saturated rings. The first-order chi connectivity index (χ1) is 15.4. The Hall–Kier alpha value is -3.02. The number of anilines is 1. The SMILES string of the molecule is CC(NC(=O)c1ccccc1NC(=O)CCCOc1ccc(Cl)cc1Cl)c1ccccc1. The number of hydrogen-bond donors (Lipinski definition) is 2. The quantitative estimate of drug-likeness (QED) is 0.361. The van der Waals surface area contributed by atoms with Crippen LogP contribution in [0, 0.1) is 0 Å². The van der Waals surface area contributed by atoms with E-state index in [1.807, 2.05) is 37.3 Å². The number of nitrogens with one attached hydrogen (secondary N) is 2. The minimum absolute atomic E-state index is 0.163. The molecule has 0 radical (unpaired) electrons. The monoisotopic (exact) mass is 470 g/mol. The molecule has 3 aromatic rings. The van der Waals surface area contributed by atoms with E-state index < -0.39 is 0 Å². The van der Waals surface area contributed by atoms with E-state index in [2.05, 4.69) is 10.6 Å². The van der Waals surface area contributed by atoms with Gasteiger partial charge in [0.25, 0.3) is 5.91 Å². The normalized spacial score (nSPS) is 11.5. The molecule has 0 saturated carbocycles. The third-order valence-electron chi connectivity index (χ3n) is 4.79. The van der Waals surface area contributed by atoms with Gasteiger partial charge in [-0.3, -0.25) is 9.59 Å². The van der Waals surface area contributed by atoms with Gasteiger partial charge in [-0.15, -0.1) is 0 Å². The van der Waals surface area contributed by atoms with Crippen LogP contribution in [0.2, 0.25) is 10.0 Å². The van der Waals surface area contributed by atoms with Crippen LogP contribution in [-0.4, -0.2) is 18.4 Å². The van der Waals surface area contributed by atoms with Crippen molar-refractivity contribution in [3.63, 3.8) is 0 Å². The van der Waals surface area contributed by atoms with Gasteiger partial charge in [-0.25, -0.2) is 0 Å². The lowest BCUT2D eigenvalue weighted by Gasteiger charge is -2.16. The molecule has 0 aliphatic rings. The molecular weight excluding hydrogens is 447 g/mol. The summed E-state index contributed by atoms with van der Waals surface area (Å²) >= 11 is 11.9. The molecule has 7 heteroatoms. The van der Waals surface area contributed by atoms with Gasteiger partial charge in [0.05, 0.1) is 28.9 Å². The second kappa shape index (κ2) is 11.6. The van der Waals surface area contributed by atoms with Crippen LogP contribution < -0.4 is 15.4 Å². The van der Waals surface area contributed by atoms with E-state index in [1.54, 1.807) is 42.5 Å². The van der Waals surface area contributed by atoms with Gasteiger partial charge in [-0.05, 0) is 49.2 Å². The number of benzene rings is 3. The summed E-state index contributed by atoms with van der Waals surface area (Å²) in [5.41, 5.74) is 1.88. The van der Waals surface area contributed by atoms with Crippen LogP contribution in [0.15, 0.2) is 72.8 Å². The molecule has 0 heterocycles. The lowest BCUT2D eigenvalue weighted by molar-refractivity contribution is -0.116. The third kappa shape index (κ3) is 6.74. The molecule has 3 rings (SSSR count). The predicted molar refractivity (Wildman–Crippen MR) is 129 cm³/mol. The van der Waals surface area contributed by atoms with Gasteiger partial charge < -0.3 is 15.4 Å². The summed E-state index contributed by atoms with van der Waals surface area (Å²) in [6, 6.07) is 21.5. The minimum atomic E-state index is -0.252. The van der Waals surface area contributed by atoms with Crippen LogP contribution in [0.1, 0.15) is 41.7 Å². The van der Waals surface area contributed by atoms with Crippen molar-refractivity contribution in [2.75, 3.05) is 11.9 Å². The van der Waals surface area contributed by atoms with Gasteiger partial charge in [0.15, 0.2) is 0 Å². The summed E-state index contributed by atoms with van der Waals surface area (Å²) in [5, 5.41) is 6.75. The smallest absolute Gasteiger partial charge is 0.253 e. The first kappa shape index (κ1) is 23.6. The predicted octanol–water partition coefficient (Wildman–Crippen LogP) is 6.28. The van der Waals surface area contributed by atoms with E-state index >= 15 is 0 Å². The first-order valence-corrected chi connectivity index (χ1v) is 11.0. The third-order valence-corrected chi connectivity index (χ3v) is 5.32. The second-order valence-corrected chi connectivity index (χ2v) is 8.07. The fourth-order valence-corrected chi connectivity index (χ4v) is 3.57. The van der Waals surface area contributed by atoms with Crippen LogP contribution >= 0.6 is 23.2 Å². The average Bonchev–Trinajstić information content (AvgIpc) is 2.78. The number of para-hydroxylation sites is 1. The number of rotatable bonds is 9. The number of carbonyl (C=O) groups excluding carboxylic acids is 2. The molecule has 166 valence electrons. The van der Waals surface area contributed by atoms with Gasteiger partial charge in [-0.2, -0.15) is 0 Å². The van der Waals surface area contributed by atoms with E-state index in [-0.39, 0.29) is 24.3 Å². The molecular formula is C25H24Cl2N2O3. The fraction of sp³-hybridized carbons (Fsp3) is 0.200. The van der Waals surface area contributed by atoms with E-state index in [0.29, 0.717) is 40.1 Å². The molecule has 2 amide bonds. The molecule has 0 aliphatic heterocycles. The Morgan fingerprint density at radius 2 is 1.69 bits per heavy atom. The van der Waals surface area contributed by atoms with Crippen LogP contribution in [0.3, 0.4) is 0 Å². The minimum Gasteiger partial charge on any atom is -0.492 e. The van der Waals surface area contributed by atoms with Crippen molar-refractivity contribution in [1.29, 1.82) is 0 Å². The standard InChI is InChI=1S/C25H24Cl2N2O3/c1-17(18-8-3-2-4-9-18)28-25(31)20-10-5-6-11-22(20)29-24(30)12-7-15-32-23-14-13-19(26)16-21(23)27/h2-6,8-11,13-14,16-17H,7,12,15H2,1H3,(H,28,31)(H,29,30). The summed E-state index contributed by atoms with van der Waals surface area (Å²) in [6.07, 6.45) is 0.728. The first-order valence-electron chi connectivity index (χ1n) is 10.3. The Morgan fingerprint density at radius 1 is 0.969 bits per heavy atom. The molecule has 0 aromatic heterocycles. The maximum Gasteiger partial charge on any atom is 0.253 e. The van der Waals surface area contributed by atoms with Crippen molar-refractivity contribution in [3.8, 4) is 5.75 Å². The maximum atomic E-state index is 12.8. The summed E-state index contributed by atoms with van der Waals surface area (Å²) in [4.78, 5) is 25.2. The number of carbonyl (C=O) groups is 2. The summed E-state index contributed by atoms with van der Waals surface area (Å²) in [7, 11) is 0. The lowest BCUT2D eigenvalue weighted by atomic mass is 10.1. The summed E-state index contributed by atoms with van der Waals surface area (Å²) < 4.78 is 5.61. The van der Waals surface area contributed by atoms with Crippen molar-refractivity contribution in [1.82, 2.24) is 5.32 Å². The molecule has 0 aliphatic carbocycles. The van der Waals surface area contributed by atoms with Crippen LogP contribution in [0.25, 0.3) is 0 Å². The molecule has 0 bridgehead atoms. The molecule has 1 unspecified atom stereocenters. The number of amides is 2. The Bertz CT molecular complexity index is 1070. The second-order valence-electron chi connectivity index (χ2n) is 7.23. The van der Waals surface area contributed by atoms with Gasteiger partial charge in [-0.1, -0.05) is 65.7 Å². The van der Waals surface area contributed by atoms with Crippen molar-refractivity contribution >= 4 is 40.7 Å². The zero-order valence-electron chi connectivity index (χ0n) is 17.6. The highest BCUT2D eigenvalue weighted by Gasteiger charge is 2.16. The zero-order valence-corrected chi connectivity index (χ0v) is 19.1. The Balaban J connectivity index is 1.52. The van der Waals surface area contributed by atoms with Crippen LogP contribution in [0.5, 0.6) is 5.75 Å². The lowest BCUT2D eigenvalue weighted by Crippen LogP contribution is -2.28. The molecule has 0 spiro atoms. The molecule has 2 N–H and O–H groups in total. The maximum absolute atomic E-state index is 12.8. The van der Waals surface area contributed by atoms with Gasteiger partial charge in [0.2, 0.25) is 5.91 Å². The Labute approximate surface area is 197 Å². The van der Waals surface area contributed by atoms with E-state index in [0.717, 1.165) is 5.56 Å². The highest BCUT2D eigenvalue weighted by Crippen LogP contribution is 2.27. The van der Waals surface area contributed by atoms with E-state index in [4.69, 9.17) is 27.9 Å². The van der Waals surface area contributed by atoms with Crippen molar-refractivity contribution in [2.45, 2.75) is 25.8 Å². The molecule has 0 saturated heterocycles. The van der Waals surface area contributed by atoms with Gasteiger partial charge in [0, 0.05) is 11.4 Å². The molecule has 5 nitrogen and oxygen atoms in total. The number of hydrogen-bond acceptors (Lipinski definition) is 3. The topological polar surface area (TPSA) is 67.4 Å². The van der Waals surface area contributed by atoms with Gasteiger partial charge >= 0.3 is 0 Å². The summed E-state index contributed by atoms with van der Waals surface area (Å²) in [5.74, 6) is 0.0659. The van der Waals surface area contributed by atoms with Crippen LogP contribution in [-0.2, 0) is 4.79 Å². The van der Waals surface area contributed by atoms with Crippen molar-refractivity contribution in [3.05, 3.63) is 94.0 Å². The fourth-order valence-electron chi connectivity index (χ4n) is 3.11. The molecule has 3 aromatic carbocycles. The zero-order chi connectivity index (χ0) is 22.9. The number of ether oxygens (including phenoxy) is 1. The Morgan fingerprint density at radius 3 is 2.44 bits per heavy atom. The molecule has 1 atom stereocenters. The van der Waals surface area contributed by atoms with E-state index in [1.165, 1.54) is 0 Å². The largest absolute Gasteiger partial charge is 0.492 e. The Kier molecular flexibility index (Phi) is 8.54. The highest BCUT2D eigenvalue weighted by atomic mass is 35.5. The van der Waals surface area contributed by atoms with Crippen molar-refractivity contribution in [2.24, 2.45) is 0 Å². The van der Waals surface area contributed by atoms with E-state index in [9.17, 15) is 9.59 Å². The summed E-state index contributed by atoms with van der Waals surface area (Å²) in [6.45, 7) is 2.24. The van der Waals surface area contributed by atoms with Crippen molar-refractivity contribution < 1.29 is 14.3 Å².